The van der Waals surface area contributed by atoms with Gasteiger partial charge in [0.15, 0.2) is 0 Å². The number of nitrogens with zero attached hydrogens (tertiary/aromatic N) is 2. The summed E-state index contributed by atoms with van der Waals surface area (Å²) in [6.07, 6.45) is -4.81. The first-order chi connectivity index (χ1) is 11.3. The Labute approximate surface area is 138 Å². The highest BCUT2D eigenvalue weighted by atomic mass is 32.1. The number of carbonyl (C=O) groups excluding carboxylic acids is 1. The van der Waals surface area contributed by atoms with E-state index in [0.29, 0.717) is 5.52 Å². The first kappa shape index (κ1) is 16.3. The Balaban J connectivity index is 1.99. The van der Waals surface area contributed by atoms with Crippen LogP contribution in [-0.4, -0.2) is 27.7 Å². The maximum Gasteiger partial charge on any atom is 0.471 e. The molecular formula is C15H10F3N3O2S. The number of allylic oxidation sites excluding steroid dienone is 1. The summed E-state index contributed by atoms with van der Waals surface area (Å²) in [5, 5.41) is 21.6. The van der Waals surface area contributed by atoms with Crippen molar-refractivity contribution in [3.05, 3.63) is 35.0 Å². The standard InChI is InChI=1S/C15H10F3N3O2S/c16-15(17,18)13(23)21-14(5-6-14)11(22)8(7-19)12-20-9-3-1-2-4-10(9)24-12/h1-4,22H,5-6H2,(H,21,23)/b11-8-. The molecule has 0 spiro atoms. The summed E-state index contributed by atoms with van der Waals surface area (Å²) < 4.78 is 38.1. The number of carbonyl (C=O) groups is 1. The zero-order valence-electron chi connectivity index (χ0n) is 12.0. The summed E-state index contributed by atoms with van der Waals surface area (Å²) in [4.78, 5) is 15.4. The number of para-hydroxylation sites is 1. The third kappa shape index (κ3) is 2.80. The van der Waals surface area contributed by atoms with Gasteiger partial charge in [-0.15, -0.1) is 11.3 Å². The van der Waals surface area contributed by atoms with Crippen molar-refractivity contribution in [3.8, 4) is 6.07 Å². The molecule has 2 N–H and O–H groups in total. The smallest absolute Gasteiger partial charge is 0.471 e. The van der Waals surface area contributed by atoms with Crippen molar-refractivity contribution in [1.29, 1.82) is 5.26 Å². The molecule has 1 fully saturated rings. The number of hydrogen-bond acceptors (Lipinski definition) is 5. The molecule has 2 aromatic rings. The molecule has 0 saturated heterocycles. The molecule has 1 heterocycles. The van der Waals surface area contributed by atoms with Gasteiger partial charge in [0.2, 0.25) is 0 Å². The minimum absolute atomic E-state index is 0.122. The lowest BCUT2D eigenvalue weighted by molar-refractivity contribution is -0.174. The molecule has 0 atom stereocenters. The molecule has 1 aromatic carbocycles. The molecule has 1 saturated carbocycles. The van der Waals surface area contributed by atoms with E-state index in [4.69, 9.17) is 0 Å². The highest BCUT2D eigenvalue weighted by Crippen LogP contribution is 2.45. The van der Waals surface area contributed by atoms with Gasteiger partial charge in [-0.25, -0.2) is 4.98 Å². The van der Waals surface area contributed by atoms with Gasteiger partial charge in [0.05, 0.1) is 15.8 Å². The molecule has 1 aliphatic carbocycles. The van der Waals surface area contributed by atoms with Crippen molar-refractivity contribution in [2.45, 2.75) is 24.6 Å². The second-order valence-electron chi connectivity index (χ2n) is 5.36. The van der Waals surface area contributed by atoms with Crippen LogP contribution in [0, 0.1) is 11.3 Å². The van der Waals surface area contributed by atoms with Gasteiger partial charge in [0.1, 0.15) is 22.4 Å². The van der Waals surface area contributed by atoms with Crippen LogP contribution < -0.4 is 5.32 Å². The van der Waals surface area contributed by atoms with Gasteiger partial charge in [0, 0.05) is 0 Å². The molecule has 1 aromatic heterocycles. The Bertz CT molecular complexity index is 858. The number of thiazole rings is 1. The maximum absolute atomic E-state index is 12.4. The fourth-order valence-electron chi connectivity index (χ4n) is 2.25. The van der Waals surface area contributed by atoms with Crippen LogP contribution in [0.4, 0.5) is 13.2 Å². The van der Waals surface area contributed by atoms with E-state index in [1.165, 1.54) is 0 Å². The van der Waals surface area contributed by atoms with Crippen LogP contribution in [0.3, 0.4) is 0 Å². The zero-order chi connectivity index (χ0) is 17.5. The lowest BCUT2D eigenvalue weighted by Gasteiger charge is -2.18. The molecule has 3 rings (SSSR count). The summed E-state index contributed by atoms with van der Waals surface area (Å²) >= 11 is 1.14. The minimum atomic E-state index is -5.06. The topological polar surface area (TPSA) is 86.0 Å². The summed E-state index contributed by atoms with van der Waals surface area (Å²) in [7, 11) is 0. The summed E-state index contributed by atoms with van der Waals surface area (Å²) in [5.74, 6) is -2.73. The minimum Gasteiger partial charge on any atom is -0.508 e. The van der Waals surface area contributed by atoms with Crippen molar-refractivity contribution in [3.63, 3.8) is 0 Å². The molecule has 1 aliphatic rings. The normalized spacial score (nSPS) is 17.1. The number of rotatable bonds is 3. The predicted octanol–water partition coefficient (Wildman–Crippen LogP) is 3.30. The van der Waals surface area contributed by atoms with Crippen LogP contribution in [0.1, 0.15) is 17.8 Å². The number of amides is 1. The number of nitriles is 1. The van der Waals surface area contributed by atoms with E-state index in [1.54, 1.807) is 35.7 Å². The molecule has 124 valence electrons. The molecule has 0 aliphatic heterocycles. The van der Waals surface area contributed by atoms with E-state index in [-0.39, 0.29) is 23.4 Å². The monoisotopic (exact) mass is 353 g/mol. The summed E-state index contributed by atoms with van der Waals surface area (Å²) in [6.45, 7) is 0. The van der Waals surface area contributed by atoms with E-state index >= 15 is 0 Å². The van der Waals surface area contributed by atoms with Crippen molar-refractivity contribution in [2.24, 2.45) is 0 Å². The Hall–Kier alpha value is -2.60. The SMILES string of the molecule is N#C/C(=C(/O)C1(NC(=O)C(F)(F)F)CC1)c1nc2ccccc2s1. The average molecular weight is 353 g/mol. The van der Waals surface area contributed by atoms with Crippen molar-refractivity contribution in [1.82, 2.24) is 10.3 Å². The van der Waals surface area contributed by atoms with Gasteiger partial charge in [-0.2, -0.15) is 18.4 Å². The third-order valence-electron chi connectivity index (χ3n) is 3.67. The Morgan fingerprint density at radius 3 is 2.58 bits per heavy atom. The van der Waals surface area contributed by atoms with E-state index in [2.05, 4.69) is 4.98 Å². The van der Waals surface area contributed by atoms with Crippen molar-refractivity contribution in [2.75, 3.05) is 0 Å². The largest absolute Gasteiger partial charge is 0.508 e. The Morgan fingerprint density at radius 1 is 1.38 bits per heavy atom. The predicted molar refractivity (Wildman–Crippen MR) is 80.9 cm³/mol. The highest BCUT2D eigenvalue weighted by Gasteiger charge is 2.54. The van der Waals surface area contributed by atoms with Gasteiger partial charge in [-0.3, -0.25) is 4.79 Å². The van der Waals surface area contributed by atoms with Crippen molar-refractivity contribution < 1.29 is 23.1 Å². The number of alkyl halides is 3. The molecule has 0 radical (unpaired) electrons. The molecule has 1 amide bonds. The van der Waals surface area contributed by atoms with Gasteiger partial charge in [-0.1, -0.05) is 12.1 Å². The lowest BCUT2D eigenvalue weighted by atomic mass is 10.1. The van der Waals surface area contributed by atoms with Gasteiger partial charge in [-0.05, 0) is 25.0 Å². The molecule has 5 nitrogen and oxygen atoms in total. The van der Waals surface area contributed by atoms with Gasteiger partial charge < -0.3 is 10.4 Å². The van der Waals surface area contributed by atoms with E-state index in [1.807, 2.05) is 0 Å². The highest BCUT2D eigenvalue weighted by molar-refractivity contribution is 7.19. The molecule has 0 bridgehead atoms. The summed E-state index contributed by atoms with van der Waals surface area (Å²) in [5.41, 5.74) is -1.16. The fourth-order valence-corrected chi connectivity index (χ4v) is 3.22. The van der Waals surface area contributed by atoms with Crippen LogP contribution in [0.25, 0.3) is 15.8 Å². The van der Waals surface area contributed by atoms with E-state index < -0.39 is 23.4 Å². The fraction of sp³-hybridized carbons (Fsp3) is 0.267. The molecule has 9 heteroatoms. The average Bonchev–Trinajstić information content (AvgIpc) is 3.18. The number of aromatic nitrogens is 1. The Morgan fingerprint density at radius 2 is 2.04 bits per heavy atom. The van der Waals surface area contributed by atoms with Crippen LogP contribution >= 0.6 is 11.3 Å². The first-order valence-electron chi connectivity index (χ1n) is 6.86. The molecular weight excluding hydrogens is 343 g/mol. The number of hydrogen-bond donors (Lipinski definition) is 2. The first-order valence-corrected chi connectivity index (χ1v) is 7.67. The van der Waals surface area contributed by atoms with Crippen LogP contribution in [0.2, 0.25) is 0 Å². The second kappa shape index (κ2) is 5.49. The number of aliphatic hydroxyl groups excluding tert-OH is 1. The second-order valence-corrected chi connectivity index (χ2v) is 6.39. The molecule has 0 unspecified atom stereocenters. The van der Waals surface area contributed by atoms with Gasteiger partial charge in [0.25, 0.3) is 0 Å². The number of aliphatic hydroxyl groups is 1. The number of fused-ring (bicyclic) bond motifs is 1. The van der Waals surface area contributed by atoms with Gasteiger partial charge >= 0.3 is 12.1 Å². The van der Waals surface area contributed by atoms with E-state index in [9.17, 15) is 28.3 Å². The quantitative estimate of drug-likeness (QED) is 0.655. The lowest BCUT2D eigenvalue weighted by Crippen LogP contribution is -2.45. The van der Waals surface area contributed by atoms with Crippen LogP contribution in [0.5, 0.6) is 0 Å². The molecule has 24 heavy (non-hydrogen) atoms. The number of benzene rings is 1. The number of nitrogens with one attached hydrogen (secondary N) is 1. The zero-order valence-corrected chi connectivity index (χ0v) is 12.8. The number of halogens is 3. The third-order valence-corrected chi connectivity index (χ3v) is 4.72. The maximum atomic E-state index is 12.4. The van der Waals surface area contributed by atoms with E-state index in [0.717, 1.165) is 16.0 Å². The van der Waals surface area contributed by atoms with Crippen LogP contribution in [0.15, 0.2) is 30.0 Å². The van der Waals surface area contributed by atoms with Crippen LogP contribution in [-0.2, 0) is 4.79 Å². The Kier molecular flexibility index (Phi) is 3.72. The summed E-state index contributed by atoms with van der Waals surface area (Å²) in [6, 6.07) is 8.82. The van der Waals surface area contributed by atoms with Crippen molar-refractivity contribution >= 4 is 33.0 Å².